The number of nitrogens with one attached hydrogen (secondary N) is 2. The second-order valence-corrected chi connectivity index (χ2v) is 4.46. The summed E-state index contributed by atoms with van der Waals surface area (Å²) < 4.78 is 37.3. The van der Waals surface area contributed by atoms with E-state index in [1.54, 1.807) is 0 Å². The number of amides is 2. The second-order valence-electron chi connectivity index (χ2n) is 4.46. The van der Waals surface area contributed by atoms with Gasteiger partial charge in [0.1, 0.15) is 0 Å². The monoisotopic (exact) mass is 325 g/mol. The SMILES string of the molecule is O=C(Nc1ccc(C(F)(F)F)cc1)Nc1cccc([N+](=O)[O-])c1. The Balaban J connectivity index is 2.02. The third-order valence-electron chi connectivity index (χ3n) is 2.78. The van der Waals surface area contributed by atoms with Gasteiger partial charge >= 0.3 is 12.2 Å². The summed E-state index contributed by atoms with van der Waals surface area (Å²) in [7, 11) is 0. The molecule has 2 N–H and O–H groups in total. The zero-order valence-electron chi connectivity index (χ0n) is 11.4. The van der Waals surface area contributed by atoms with Crippen molar-refractivity contribution in [2.45, 2.75) is 6.18 Å². The number of nitrogens with zero attached hydrogens (tertiary/aromatic N) is 1. The van der Waals surface area contributed by atoms with E-state index in [1.807, 2.05) is 0 Å². The molecule has 0 bridgehead atoms. The molecule has 0 saturated heterocycles. The highest BCUT2D eigenvalue weighted by Crippen LogP contribution is 2.29. The number of anilines is 2. The predicted octanol–water partition coefficient (Wildman–Crippen LogP) is 4.26. The summed E-state index contributed by atoms with van der Waals surface area (Å²) in [6.07, 6.45) is -4.45. The van der Waals surface area contributed by atoms with E-state index in [1.165, 1.54) is 18.2 Å². The number of hydrogen-bond donors (Lipinski definition) is 2. The van der Waals surface area contributed by atoms with Gasteiger partial charge in [0.05, 0.1) is 10.5 Å². The number of non-ortho nitro benzene ring substituents is 1. The number of carbonyl (C=O) groups excluding carboxylic acids is 1. The fraction of sp³-hybridized carbons (Fsp3) is 0.0714. The van der Waals surface area contributed by atoms with Gasteiger partial charge < -0.3 is 10.6 Å². The Bertz CT molecular complexity index is 730. The van der Waals surface area contributed by atoms with Gasteiger partial charge in [-0.25, -0.2) is 4.79 Å². The third kappa shape index (κ3) is 4.43. The highest BCUT2D eigenvalue weighted by Gasteiger charge is 2.29. The van der Waals surface area contributed by atoms with Crippen molar-refractivity contribution >= 4 is 23.1 Å². The molecule has 0 spiro atoms. The molecule has 0 saturated carbocycles. The Morgan fingerprint density at radius 3 is 2.17 bits per heavy atom. The Labute approximate surface area is 128 Å². The van der Waals surface area contributed by atoms with Gasteiger partial charge in [0.25, 0.3) is 5.69 Å². The normalized spacial score (nSPS) is 10.9. The number of halogens is 3. The zero-order valence-corrected chi connectivity index (χ0v) is 11.4. The first-order valence-electron chi connectivity index (χ1n) is 6.25. The molecule has 0 aromatic heterocycles. The maximum absolute atomic E-state index is 12.4. The van der Waals surface area contributed by atoms with Crippen LogP contribution in [0.2, 0.25) is 0 Å². The Kier molecular flexibility index (Phi) is 4.49. The fourth-order valence-electron chi connectivity index (χ4n) is 1.73. The van der Waals surface area contributed by atoms with E-state index in [9.17, 15) is 28.1 Å². The van der Waals surface area contributed by atoms with Crippen LogP contribution in [0.25, 0.3) is 0 Å². The molecule has 0 radical (unpaired) electrons. The van der Waals surface area contributed by atoms with Crippen molar-refractivity contribution in [3.63, 3.8) is 0 Å². The van der Waals surface area contributed by atoms with Gasteiger partial charge in [-0.05, 0) is 30.3 Å². The van der Waals surface area contributed by atoms with Crippen LogP contribution >= 0.6 is 0 Å². The van der Waals surface area contributed by atoms with Gasteiger partial charge in [-0.2, -0.15) is 13.2 Å². The van der Waals surface area contributed by atoms with E-state index in [0.717, 1.165) is 30.3 Å². The highest BCUT2D eigenvalue weighted by molar-refractivity contribution is 5.99. The number of nitro benzene ring substituents is 1. The second kappa shape index (κ2) is 6.34. The molecule has 2 aromatic rings. The Morgan fingerprint density at radius 2 is 1.61 bits per heavy atom. The van der Waals surface area contributed by atoms with Crippen molar-refractivity contribution < 1.29 is 22.9 Å². The topological polar surface area (TPSA) is 84.3 Å². The van der Waals surface area contributed by atoms with Crippen LogP contribution in [-0.2, 0) is 6.18 Å². The molecular weight excluding hydrogens is 315 g/mol. The number of carbonyl (C=O) groups is 1. The Morgan fingerprint density at radius 1 is 1.00 bits per heavy atom. The van der Waals surface area contributed by atoms with Crippen LogP contribution in [0.5, 0.6) is 0 Å². The number of alkyl halides is 3. The predicted molar refractivity (Wildman–Crippen MR) is 77.2 cm³/mol. The molecule has 23 heavy (non-hydrogen) atoms. The van der Waals surface area contributed by atoms with Gasteiger partial charge in [-0.15, -0.1) is 0 Å². The maximum Gasteiger partial charge on any atom is 0.416 e. The number of benzene rings is 2. The molecule has 0 unspecified atom stereocenters. The van der Waals surface area contributed by atoms with Crippen molar-refractivity contribution in [2.75, 3.05) is 10.6 Å². The summed E-state index contributed by atoms with van der Waals surface area (Å²) >= 11 is 0. The molecule has 0 aliphatic rings. The van der Waals surface area contributed by atoms with Crippen LogP contribution in [0, 0.1) is 10.1 Å². The number of urea groups is 1. The fourth-order valence-corrected chi connectivity index (χ4v) is 1.73. The largest absolute Gasteiger partial charge is 0.416 e. The minimum atomic E-state index is -4.45. The molecule has 0 fully saturated rings. The first-order chi connectivity index (χ1) is 10.8. The smallest absolute Gasteiger partial charge is 0.308 e. The lowest BCUT2D eigenvalue weighted by Gasteiger charge is -2.09. The van der Waals surface area contributed by atoms with E-state index in [0.29, 0.717) is 0 Å². The summed E-state index contributed by atoms with van der Waals surface area (Å²) in [4.78, 5) is 21.7. The zero-order chi connectivity index (χ0) is 17.0. The van der Waals surface area contributed by atoms with Crippen LogP contribution < -0.4 is 10.6 Å². The van der Waals surface area contributed by atoms with Crippen molar-refractivity contribution in [2.24, 2.45) is 0 Å². The first kappa shape index (κ1) is 16.3. The molecule has 0 heterocycles. The van der Waals surface area contributed by atoms with Crippen molar-refractivity contribution in [3.8, 4) is 0 Å². The van der Waals surface area contributed by atoms with Crippen LogP contribution in [-0.4, -0.2) is 11.0 Å². The molecule has 0 aliphatic heterocycles. The summed E-state index contributed by atoms with van der Waals surface area (Å²) in [5, 5.41) is 15.3. The molecule has 2 amide bonds. The third-order valence-corrected chi connectivity index (χ3v) is 2.78. The summed E-state index contributed by atoms with van der Waals surface area (Å²) in [5.41, 5.74) is -0.691. The van der Waals surface area contributed by atoms with E-state index >= 15 is 0 Å². The van der Waals surface area contributed by atoms with Crippen molar-refractivity contribution in [1.29, 1.82) is 0 Å². The summed E-state index contributed by atoms with van der Waals surface area (Å²) in [5.74, 6) is 0. The number of nitro groups is 1. The Hall–Kier alpha value is -3.10. The van der Waals surface area contributed by atoms with E-state index < -0.39 is 22.7 Å². The van der Waals surface area contributed by atoms with Crippen LogP contribution in [0.4, 0.5) is 35.0 Å². The average molecular weight is 325 g/mol. The van der Waals surface area contributed by atoms with Gasteiger partial charge in [0.2, 0.25) is 0 Å². The lowest BCUT2D eigenvalue weighted by molar-refractivity contribution is -0.384. The highest BCUT2D eigenvalue weighted by atomic mass is 19.4. The summed E-state index contributed by atoms with van der Waals surface area (Å²) in [6.45, 7) is 0. The molecule has 2 rings (SSSR count). The van der Waals surface area contributed by atoms with Gasteiger partial charge in [0, 0.05) is 23.5 Å². The van der Waals surface area contributed by atoms with Gasteiger partial charge in [0.15, 0.2) is 0 Å². The van der Waals surface area contributed by atoms with Crippen LogP contribution in [0.3, 0.4) is 0 Å². The lowest BCUT2D eigenvalue weighted by Crippen LogP contribution is -2.19. The molecule has 0 aliphatic carbocycles. The molecular formula is C14H10F3N3O3. The van der Waals surface area contributed by atoms with Crippen molar-refractivity contribution in [3.05, 3.63) is 64.2 Å². The number of rotatable bonds is 3. The van der Waals surface area contributed by atoms with E-state index in [2.05, 4.69) is 10.6 Å². The quantitative estimate of drug-likeness (QED) is 0.653. The standard InChI is InChI=1S/C14H10F3N3O3/c15-14(16,17)9-4-6-10(7-5-9)18-13(21)19-11-2-1-3-12(8-11)20(22)23/h1-8H,(H2,18,19,21). The van der Waals surface area contributed by atoms with Gasteiger partial charge in [-0.1, -0.05) is 6.07 Å². The summed E-state index contributed by atoms with van der Waals surface area (Å²) in [6, 6.07) is 8.42. The molecule has 120 valence electrons. The molecule has 9 heteroatoms. The molecule has 2 aromatic carbocycles. The molecule has 0 atom stereocenters. The van der Waals surface area contributed by atoms with E-state index in [-0.39, 0.29) is 17.1 Å². The maximum atomic E-state index is 12.4. The van der Waals surface area contributed by atoms with Crippen LogP contribution in [0.1, 0.15) is 5.56 Å². The minimum Gasteiger partial charge on any atom is -0.308 e. The molecule has 6 nitrogen and oxygen atoms in total. The number of hydrogen-bond acceptors (Lipinski definition) is 3. The average Bonchev–Trinajstić information content (AvgIpc) is 2.47. The van der Waals surface area contributed by atoms with Crippen LogP contribution in [0.15, 0.2) is 48.5 Å². The van der Waals surface area contributed by atoms with E-state index in [4.69, 9.17) is 0 Å². The lowest BCUT2D eigenvalue weighted by atomic mass is 10.2. The minimum absolute atomic E-state index is 0.154. The van der Waals surface area contributed by atoms with Crippen molar-refractivity contribution in [1.82, 2.24) is 0 Å². The first-order valence-corrected chi connectivity index (χ1v) is 6.25. The van der Waals surface area contributed by atoms with Gasteiger partial charge in [-0.3, -0.25) is 10.1 Å².